The van der Waals surface area contributed by atoms with E-state index in [9.17, 15) is 15.0 Å². The van der Waals surface area contributed by atoms with Gasteiger partial charge >= 0.3 is 0 Å². The zero-order chi connectivity index (χ0) is 18.9. The van der Waals surface area contributed by atoms with Gasteiger partial charge in [0.15, 0.2) is 5.79 Å². The molecule has 26 heavy (non-hydrogen) atoms. The number of carbonyl (C=O) groups excluding carboxylic acids is 1. The number of fused-ring (bicyclic) bond motifs is 5. The van der Waals surface area contributed by atoms with Gasteiger partial charge in [-0.05, 0) is 69.1 Å². The van der Waals surface area contributed by atoms with Gasteiger partial charge in [0, 0.05) is 17.8 Å². The molecule has 0 aliphatic heterocycles. The van der Waals surface area contributed by atoms with Crippen molar-refractivity contribution in [1.82, 2.24) is 0 Å². The predicted octanol–water partition coefficient (Wildman–Crippen LogP) is 3.68. The second kappa shape index (κ2) is 6.02. The van der Waals surface area contributed by atoms with Crippen LogP contribution < -0.4 is 0 Å². The van der Waals surface area contributed by atoms with Crippen molar-refractivity contribution in [3.63, 3.8) is 0 Å². The molecule has 0 radical (unpaired) electrons. The molecule has 0 amide bonds. The van der Waals surface area contributed by atoms with E-state index in [4.69, 9.17) is 4.74 Å². The lowest BCUT2D eigenvalue weighted by atomic mass is 9.44. The quantitative estimate of drug-likeness (QED) is 0.734. The van der Waals surface area contributed by atoms with Gasteiger partial charge in [-0.1, -0.05) is 26.7 Å². The lowest BCUT2D eigenvalue weighted by Crippen LogP contribution is -2.60. The fourth-order valence-electron chi connectivity index (χ4n) is 7.55. The van der Waals surface area contributed by atoms with Crippen LogP contribution in [0.3, 0.4) is 0 Å². The van der Waals surface area contributed by atoms with Gasteiger partial charge in [0.05, 0.1) is 12.2 Å². The van der Waals surface area contributed by atoms with Crippen molar-refractivity contribution in [1.29, 1.82) is 0 Å². The summed E-state index contributed by atoms with van der Waals surface area (Å²) in [4.78, 5) is 12.7. The summed E-state index contributed by atoms with van der Waals surface area (Å²) in [6.07, 6.45) is 7.64. The summed E-state index contributed by atoms with van der Waals surface area (Å²) in [5.74, 6) is 0.295. The monoisotopic (exact) mass is 364 g/mol. The molecule has 4 nitrogen and oxygen atoms in total. The zero-order valence-electron chi connectivity index (χ0n) is 16.8. The summed E-state index contributed by atoms with van der Waals surface area (Å²) in [6.45, 7) is 7.94. The van der Waals surface area contributed by atoms with E-state index in [-0.39, 0.29) is 29.1 Å². The van der Waals surface area contributed by atoms with E-state index in [0.717, 1.165) is 19.3 Å². The van der Waals surface area contributed by atoms with Crippen LogP contribution in [0.25, 0.3) is 0 Å². The van der Waals surface area contributed by atoms with E-state index in [1.165, 1.54) is 25.7 Å². The normalized spacial score (nSPS) is 51.5. The lowest BCUT2D eigenvalue weighted by Gasteiger charge is -2.62. The molecule has 0 spiro atoms. The second-order valence-electron chi connectivity index (χ2n) is 10.6. The highest BCUT2D eigenvalue weighted by Gasteiger charge is 2.65. The number of aliphatic hydroxyl groups is 2. The van der Waals surface area contributed by atoms with Gasteiger partial charge in [0.2, 0.25) is 0 Å². The molecule has 0 aromatic rings. The van der Waals surface area contributed by atoms with Crippen molar-refractivity contribution in [3.8, 4) is 0 Å². The van der Waals surface area contributed by atoms with Crippen LogP contribution in [0.15, 0.2) is 0 Å². The molecule has 4 aliphatic rings. The van der Waals surface area contributed by atoms with Crippen molar-refractivity contribution >= 4 is 5.78 Å². The van der Waals surface area contributed by atoms with Gasteiger partial charge in [-0.25, -0.2) is 0 Å². The first kappa shape index (κ1) is 18.9. The molecule has 148 valence electrons. The molecule has 0 heterocycles. The third-order valence-electron chi connectivity index (χ3n) is 8.72. The standard InChI is InChI=1S/C22H36O4/c1-20(2,25)26-16-11-13-7-5-6-9-21(13,3)14-8-10-22(4)17(24)12-15(23)19(22)18(14)16/h13-16,18-19,23,25H,5-12H2,1-4H3/t13?,14?,15?,16?,18?,19?,21-,22+/m0/s1. The Balaban J connectivity index is 1.75. The van der Waals surface area contributed by atoms with E-state index in [1.54, 1.807) is 13.8 Å². The number of ether oxygens (including phenoxy) is 1. The third-order valence-corrected chi connectivity index (χ3v) is 8.72. The largest absolute Gasteiger partial charge is 0.392 e. The Bertz CT molecular complexity index is 581. The van der Waals surface area contributed by atoms with Crippen LogP contribution in [0.2, 0.25) is 0 Å². The van der Waals surface area contributed by atoms with Gasteiger partial charge in [-0.2, -0.15) is 0 Å². The summed E-state index contributed by atoms with van der Waals surface area (Å²) in [5.41, 5.74) is -0.130. The summed E-state index contributed by atoms with van der Waals surface area (Å²) < 4.78 is 6.21. The van der Waals surface area contributed by atoms with Crippen LogP contribution in [0, 0.1) is 34.5 Å². The van der Waals surface area contributed by atoms with Crippen LogP contribution in [0.5, 0.6) is 0 Å². The molecular formula is C22H36O4. The molecule has 8 atom stereocenters. The zero-order valence-corrected chi connectivity index (χ0v) is 16.8. The van der Waals surface area contributed by atoms with Crippen LogP contribution >= 0.6 is 0 Å². The molecule has 4 aliphatic carbocycles. The molecule has 4 heteroatoms. The maximum atomic E-state index is 12.7. The van der Waals surface area contributed by atoms with Crippen molar-refractivity contribution in [2.24, 2.45) is 34.5 Å². The van der Waals surface area contributed by atoms with E-state index < -0.39 is 17.3 Å². The van der Waals surface area contributed by atoms with Crippen molar-refractivity contribution in [2.45, 2.75) is 97.1 Å². The summed E-state index contributed by atoms with van der Waals surface area (Å²) in [6, 6.07) is 0. The molecule has 0 aromatic heterocycles. The number of Topliss-reactive ketones (excluding diaryl/α,β-unsaturated/α-hetero) is 1. The van der Waals surface area contributed by atoms with E-state index >= 15 is 0 Å². The summed E-state index contributed by atoms with van der Waals surface area (Å²) in [7, 11) is 0. The Morgan fingerprint density at radius 3 is 2.58 bits per heavy atom. The average molecular weight is 365 g/mol. The Hall–Kier alpha value is -0.450. The fourth-order valence-corrected chi connectivity index (χ4v) is 7.55. The lowest BCUT2D eigenvalue weighted by molar-refractivity contribution is -0.266. The average Bonchev–Trinajstić information content (AvgIpc) is 2.76. The number of aliphatic hydroxyl groups excluding tert-OH is 1. The molecule has 2 N–H and O–H groups in total. The highest BCUT2D eigenvalue weighted by molar-refractivity contribution is 5.88. The first-order chi connectivity index (χ1) is 12.1. The molecule has 0 saturated heterocycles. The number of rotatable bonds is 2. The van der Waals surface area contributed by atoms with E-state index in [1.807, 2.05) is 0 Å². The van der Waals surface area contributed by atoms with Gasteiger partial charge in [-0.3, -0.25) is 4.79 Å². The first-order valence-corrected chi connectivity index (χ1v) is 10.7. The Labute approximate surface area is 157 Å². The molecule has 4 saturated carbocycles. The summed E-state index contributed by atoms with van der Waals surface area (Å²) >= 11 is 0. The molecule has 6 unspecified atom stereocenters. The molecular weight excluding hydrogens is 328 g/mol. The number of ketones is 1. The highest BCUT2D eigenvalue weighted by Crippen LogP contribution is 2.66. The molecule has 0 bridgehead atoms. The minimum atomic E-state index is -1.18. The Kier molecular flexibility index (Phi) is 4.38. The molecule has 4 rings (SSSR count). The van der Waals surface area contributed by atoms with E-state index in [2.05, 4.69) is 13.8 Å². The van der Waals surface area contributed by atoms with Gasteiger partial charge < -0.3 is 14.9 Å². The van der Waals surface area contributed by atoms with Crippen LogP contribution in [0.1, 0.15) is 79.1 Å². The minimum Gasteiger partial charge on any atom is -0.392 e. The maximum Gasteiger partial charge on any atom is 0.160 e. The predicted molar refractivity (Wildman–Crippen MR) is 99.3 cm³/mol. The molecule has 0 aromatic carbocycles. The Morgan fingerprint density at radius 2 is 1.88 bits per heavy atom. The smallest absolute Gasteiger partial charge is 0.160 e. The first-order valence-electron chi connectivity index (χ1n) is 10.7. The number of hydrogen-bond donors (Lipinski definition) is 2. The highest BCUT2D eigenvalue weighted by atomic mass is 16.6. The molecule has 4 fully saturated rings. The van der Waals surface area contributed by atoms with Gasteiger partial charge in [0.25, 0.3) is 0 Å². The fraction of sp³-hybridized carbons (Fsp3) is 0.955. The second-order valence-corrected chi connectivity index (χ2v) is 10.6. The van der Waals surface area contributed by atoms with Crippen molar-refractivity contribution in [3.05, 3.63) is 0 Å². The van der Waals surface area contributed by atoms with Crippen LogP contribution in [0.4, 0.5) is 0 Å². The summed E-state index contributed by atoms with van der Waals surface area (Å²) in [5, 5.41) is 21.2. The van der Waals surface area contributed by atoms with Crippen molar-refractivity contribution < 1.29 is 19.7 Å². The SMILES string of the molecule is CC(C)(O)OC1CC2CCCC[C@]2(C)C2CC[C@]3(C)C(=O)CC(O)C3C12. The van der Waals surface area contributed by atoms with Crippen LogP contribution in [-0.4, -0.2) is 34.0 Å². The Morgan fingerprint density at radius 1 is 1.15 bits per heavy atom. The minimum absolute atomic E-state index is 0.0270. The van der Waals surface area contributed by atoms with Crippen LogP contribution in [-0.2, 0) is 9.53 Å². The number of carbonyl (C=O) groups is 1. The topological polar surface area (TPSA) is 66.8 Å². The van der Waals surface area contributed by atoms with E-state index in [0.29, 0.717) is 18.3 Å². The van der Waals surface area contributed by atoms with Crippen molar-refractivity contribution in [2.75, 3.05) is 0 Å². The maximum absolute atomic E-state index is 12.7. The van der Waals surface area contributed by atoms with Gasteiger partial charge in [-0.15, -0.1) is 0 Å². The number of hydrogen-bond acceptors (Lipinski definition) is 4. The van der Waals surface area contributed by atoms with Gasteiger partial charge in [0.1, 0.15) is 5.78 Å². The third kappa shape index (κ3) is 2.70.